The first-order chi connectivity index (χ1) is 16.7. The van der Waals surface area contributed by atoms with Crippen molar-refractivity contribution in [2.45, 2.75) is 36.6 Å². The minimum atomic E-state index is -4.14. The van der Waals surface area contributed by atoms with Gasteiger partial charge in [0.15, 0.2) is 0 Å². The highest BCUT2D eigenvalue weighted by Crippen LogP contribution is 2.22. The van der Waals surface area contributed by atoms with Gasteiger partial charge in [0.05, 0.1) is 4.90 Å². The smallest absolute Gasteiger partial charge is 0.323 e. The molecule has 10 heteroatoms. The predicted octanol–water partition coefficient (Wildman–Crippen LogP) is 2.38. The Hall–Kier alpha value is -3.76. The zero-order valence-corrected chi connectivity index (χ0v) is 19.8. The molecular formula is C25H28N4O5S. The largest absolute Gasteiger partial charge is 0.480 e. The summed E-state index contributed by atoms with van der Waals surface area (Å²) in [4.78, 5) is 23.8. The van der Waals surface area contributed by atoms with Gasteiger partial charge in [0.1, 0.15) is 11.9 Å². The highest BCUT2D eigenvalue weighted by atomic mass is 32.2. The van der Waals surface area contributed by atoms with Gasteiger partial charge in [-0.05, 0) is 36.3 Å². The van der Waals surface area contributed by atoms with Crippen LogP contribution in [-0.2, 0) is 26.0 Å². The van der Waals surface area contributed by atoms with E-state index in [1.54, 1.807) is 48.5 Å². The number of nitrogen functional groups attached to an aromatic ring is 1. The van der Waals surface area contributed by atoms with Crippen molar-refractivity contribution in [3.8, 4) is 0 Å². The van der Waals surface area contributed by atoms with Crippen LogP contribution in [0.3, 0.4) is 0 Å². The number of nitrogens with two attached hydrogens (primary N) is 1. The first-order valence-corrected chi connectivity index (χ1v) is 12.6. The van der Waals surface area contributed by atoms with E-state index in [0.29, 0.717) is 22.8 Å². The number of nitrogens with one attached hydrogen (secondary N) is 3. The number of carbonyl (C=O) groups is 2. The van der Waals surface area contributed by atoms with Gasteiger partial charge >= 0.3 is 5.97 Å². The van der Waals surface area contributed by atoms with Crippen LogP contribution in [0.15, 0.2) is 71.6 Å². The van der Waals surface area contributed by atoms with Gasteiger partial charge in [0.2, 0.25) is 15.9 Å². The average molecular weight is 497 g/mol. The lowest BCUT2D eigenvalue weighted by Gasteiger charge is -2.16. The summed E-state index contributed by atoms with van der Waals surface area (Å²) in [6, 6.07) is 17.5. The second-order valence-corrected chi connectivity index (χ2v) is 9.79. The molecule has 0 heterocycles. The molecule has 1 amide bonds. The van der Waals surface area contributed by atoms with Crippen LogP contribution in [-0.4, -0.2) is 43.8 Å². The molecule has 3 aromatic carbocycles. The molecular weight excluding hydrogens is 468 g/mol. The maximum Gasteiger partial charge on any atom is 0.323 e. The first kappa shape index (κ1) is 25.9. The lowest BCUT2D eigenvalue weighted by Crippen LogP contribution is -2.48. The standard InChI is InChI=1S/C25H28N4O5S/c26-24(27)19-14-12-17(13-15-19)6-1-4-11-23(30)28-16-21(25(31)32)29-35(33,34)22-10-5-8-18-7-2-3-9-20(18)22/h2-3,5,7-10,12-15,21,29H,1,4,6,11,16H2,(H3,26,27)(H,28,30)(H,31,32). The fourth-order valence-electron chi connectivity index (χ4n) is 3.63. The van der Waals surface area contributed by atoms with Crippen LogP contribution in [0.5, 0.6) is 0 Å². The van der Waals surface area contributed by atoms with Crippen molar-refractivity contribution >= 4 is 38.5 Å². The topological polar surface area (TPSA) is 162 Å². The van der Waals surface area contributed by atoms with Crippen LogP contribution in [0.4, 0.5) is 0 Å². The minimum Gasteiger partial charge on any atom is -0.480 e. The fraction of sp³-hybridized carbons (Fsp3) is 0.240. The summed E-state index contributed by atoms with van der Waals surface area (Å²) in [7, 11) is -4.14. The summed E-state index contributed by atoms with van der Waals surface area (Å²) in [6.07, 6.45) is 2.25. The lowest BCUT2D eigenvalue weighted by atomic mass is 10.0. The van der Waals surface area contributed by atoms with Crippen LogP contribution in [0.1, 0.15) is 30.4 Å². The molecule has 9 nitrogen and oxygen atoms in total. The molecule has 0 spiro atoms. The zero-order valence-electron chi connectivity index (χ0n) is 19.0. The zero-order chi connectivity index (χ0) is 25.4. The third-order valence-corrected chi connectivity index (χ3v) is 7.05. The number of hydrogen-bond donors (Lipinski definition) is 5. The molecule has 0 aliphatic rings. The second-order valence-electron chi connectivity index (χ2n) is 8.11. The minimum absolute atomic E-state index is 0.00676. The first-order valence-electron chi connectivity index (χ1n) is 11.1. The van der Waals surface area contributed by atoms with E-state index in [0.717, 1.165) is 18.4 Å². The molecule has 0 bridgehead atoms. The summed E-state index contributed by atoms with van der Waals surface area (Å²) >= 11 is 0. The van der Waals surface area contributed by atoms with Gasteiger partial charge in [0, 0.05) is 23.9 Å². The lowest BCUT2D eigenvalue weighted by molar-refractivity contribution is -0.138. The van der Waals surface area contributed by atoms with Gasteiger partial charge in [-0.25, -0.2) is 8.42 Å². The molecule has 35 heavy (non-hydrogen) atoms. The fourth-order valence-corrected chi connectivity index (χ4v) is 5.05. The molecule has 0 saturated heterocycles. The van der Waals surface area contributed by atoms with Crippen LogP contribution in [0, 0.1) is 5.41 Å². The summed E-state index contributed by atoms with van der Waals surface area (Å²) in [5.74, 6) is -1.73. The summed E-state index contributed by atoms with van der Waals surface area (Å²) in [6.45, 7) is -0.370. The molecule has 0 saturated carbocycles. The van der Waals surface area contributed by atoms with Crippen molar-refractivity contribution in [2.75, 3.05) is 6.54 Å². The van der Waals surface area contributed by atoms with Crippen LogP contribution in [0.2, 0.25) is 0 Å². The second kappa shape index (κ2) is 11.6. The molecule has 3 aromatic rings. The quantitative estimate of drug-likeness (QED) is 0.147. The van der Waals surface area contributed by atoms with E-state index in [-0.39, 0.29) is 29.6 Å². The molecule has 0 radical (unpaired) electrons. The number of amides is 1. The van der Waals surface area contributed by atoms with Crippen LogP contribution < -0.4 is 15.8 Å². The van der Waals surface area contributed by atoms with Crippen molar-refractivity contribution in [3.63, 3.8) is 0 Å². The maximum atomic E-state index is 12.9. The number of carbonyl (C=O) groups excluding carboxylic acids is 1. The third-order valence-electron chi connectivity index (χ3n) is 5.52. The highest BCUT2D eigenvalue weighted by molar-refractivity contribution is 7.89. The molecule has 6 N–H and O–H groups in total. The molecule has 3 rings (SSSR count). The van der Waals surface area contributed by atoms with E-state index in [1.165, 1.54) is 6.07 Å². The Balaban J connectivity index is 1.50. The molecule has 1 unspecified atom stereocenters. The van der Waals surface area contributed by atoms with Gasteiger partial charge in [-0.1, -0.05) is 60.7 Å². The summed E-state index contributed by atoms with van der Waals surface area (Å²) in [5.41, 5.74) is 7.15. The number of amidine groups is 1. The maximum absolute atomic E-state index is 12.9. The Morgan fingerprint density at radius 3 is 2.34 bits per heavy atom. The Bertz CT molecular complexity index is 1320. The van der Waals surface area contributed by atoms with Gasteiger partial charge in [-0.3, -0.25) is 15.0 Å². The van der Waals surface area contributed by atoms with Gasteiger partial charge < -0.3 is 16.2 Å². The van der Waals surface area contributed by atoms with E-state index < -0.39 is 22.0 Å². The number of unbranched alkanes of at least 4 members (excludes halogenated alkanes) is 1. The summed E-state index contributed by atoms with van der Waals surface area (Å²) in [5, 5.41) is 20.6. The van der Waals surface area contributed by atoms with E-state index >= 15 is 0 Å². The number of aliphatic carboxylic acids is 1. The number of hydrogen-bond acceptors (Lipinski definition) is 5. The van der Waals surface area contributed by atoms with Gasteiger partial charge in [-0.15, -0.1) is 0 Å². The van der Waals surface area contributed by atoms with Crippen LogP contribution in [0.25, 0.3) is 10.8 Å². The Morgan fingerprint density at radius 2 is 1.66 bits per heavy atom. The third kappa shape index (κ3) is 7.11. The Kier molecular flexibility index (Phi) is 8.56. The van der Waals surface area contributed by atoms with E-state index in [4.69, 9.17) is 11.1 Å². The number of carboxylic acids is 1. The van der Waals surface area contributed by atoms with Gasteiger partial charge in [0.25, 0.3) is 0 Å². The molecule has 1 atom stereocenters. The normalized spacial score (nSPS) is 12.2. The van der Waals surface area contributed by atoms with Crippen LogP contribution >= 0.6 is 0 Å². The van der Waals surface area contributed by atoms with Crippen molar-refractivity contribution in [3.05, 3.63) is 77.9 Å². The molecule has 184 valence electrons. The number of sulfonamides is 1. The monoisotopic (exact) mass is 496 g/mol. The number of benzene rings is 3. The van der Waals surface area contributed by atoms with Gasteiger partial charge in [-0.2, -0.15) is 4.72 Å². The highest BCUT2D eigenvalue weighted by Gasteiger charge is 2.27. The number of carboxylic acid groups (broad SMARTS) is 1. The number of rotatable bonds is 12. The molecule has 0 aliphatic carbocycles. The van der Waals surface area contributed by atoms with E-state index in [2.05, 4.69) is 10.0 Å². The van der Waals surface area contributed by atoms with Crippen molar-refractivity contribution < 1.29 is 23.1 Å². The average Bonchev–Trinajstić information content (AvgIpc) is 2.84. The van der Waals surface area contributed by atoms with E-state index in [1.807, 2.05) is 12.1 Å². The number of aryl methyl sites for hydroxylation is 1. The van der Waals surface area contributed by atoms with Crippen molar-refractivity contribution in [1.29, 1.82) is 5.41 Å². The van der Waals surface area contributed by atoms with Crippen molar-refractivity contribution in [2.24, 2.45) is 5.73 Å². The van der Waals surface area contributed by atoms with Crippen molar-refractivity contribution in [1.82, 2.24) is 10.0 Å². The molecule has 0 aromatic heterocycles. The summed E-state index contributed by atoms with van der Waals surface area (Å²) < 4.78 is 28.0. The Labute approximate surface area is 203 Å². The number of fused-ring (bicyclic) bond motifs is 1. The Morgan fingerprint density at radius 1 is 0.971 bits per heavy atom. The SMILES string of the molecule is N=C(N)c1ccc(CCCCC(=O)NCC(NS(=O)(=O)c2cccc3ccccc23)C(=O)O)cc1. The van der Waals surface area contributed by atoms with E-state index in [9.17, 15) is 23.1 Å². The predicted molar refractivity (Wildman–Crippen MR) is 134 cm³/mol. The molecule has 0 aliphatic heterocycles. The molecule has 0 fully saturated rings.